The molecule has 3 atom stereocenters. The summed E-state index contributed by atoms with van der Waals surface area (Å²) in [6.07, 6.45) is 2.69. The predicted molar refractivity (Wildman–Crippen MR) is 35.3 cm³/mol. The molecular formula is C7H10O3. The number of hydrogen-bond acceptors (Lipinski definition) is 3. The summed E-state index contributed by atoms with van der Waals surface area (Å²) in [6.45, 7) is 0. The van der Waals surface area contributed by atoms with Gasteiger partial charge in [0, 0.05) is 5.92 Å². The summed E-state index contributed by atoms with van der Waals surface area (Å²) in [5.74, 6) is -0.431. The fourth-order valence-corrected chi connectivity index (χ4v) is 1.02. The van der Waals surface area contributed by atoms with Gasteiger partial charge in [0.15, 0.2) is 0 Å². The van der Waals surface area contributed by atoms with Crippen molar-refractivity contribution < 1.29 is 15.0 Å². The van der Waals surface area contributed by atoms with E-state index in [1.54, 1.807) is 0 Å². The smallest absolute Gasteiger partial charge is 0.126 e. The lowest BCUT2D eigenvalue weighted by atomic mass is 9.91. The zero-order valence-corrected chi connectivity index (χ0v) is 5.47. The van der Waals surface area contributed by atoms with Gasteiger partial charge >= 0.3 is 0 Å². The Hall–Kier alpha value is -0.670. The number of hydrogen-bond donors (Lipinski definition) is 2. The molecule has 1 aliphatic rings. The van der Waals surface area contributed by atoms with Crippen LogP contribution in [0, 0.1) is 5.92 Å². The molecule has 3 heteroatoms. The summed E-state index contributed by atoms with van der Waals surface area (Å²) in [5.41, 5.74) is 0. The molecule has 0 amide bonds. The Morgan fingerprint density at radius 3 is 2.60 bits per heavy atom. The Balaban J connectivity index is 2.61. The molecule has 0 saturated carbocycles. The second-order valence-corrected chi connectivity index (χ2v) is 2.48. The first-order valence-corrected chi connectivity index (χ1v) is 3.24. The molecule has 0 spiro atoms. The van der Waals surface area contributed by atoms with E-state index in [0.717, 1.165) is 0 Å². The maximum absolute atomic E-state index is 10.2. The fourth-order valence-electron chi connectivity index (χ4n) is 1.02. The molecule has 0 fully saturated rings. The normalized spacial score (nSPS) is 39.6. The van der Waals surface area contributed by atoms with Crippen molar-refractivity contribution in [1.29, 1.82) is 0 Å². The third kappa shape index (κ3) is 1.43. The van der Waals surface area contributed by atoms with Crippen molar-refractivity contribution in [2.24, 2.45) is 5.92 Å². The van der Waals surface area contributed by atoms with Gasteiger partial charge in [-0.05, 0) is 6.42 Å². The summed E-state index contributed by atoms with van der Waals surface area (Å²) >= 11 is 0. The quantitative estimate of drug-likeness (QED) is 0.382. The van der Waals surface area contributed by atoms with E-state index < -0.39 is 18.1 Å². The maximum Gasteiger partial charge on any atom is 0.126 e. The van der Waals surface area contributed by atoms with Crippen LogP contribution in [-0.2, 0) is 4.79 Å². The molecule has 3 nitrogen and oxygen atoms in total. The van der Waals surface area contributed by atoms with Gasteiger partial charge in [-0.25, -0.2) is 0 Å². The summed E-state index contributed by atoms with van der Waals surface area (Å²) in [4.78, 5) is 10.2. The van der Waals surface area contributed by atoms with Gasteiger partial charge in [-0.1, -0.05) is 12.2 Å². The SMILES string of the molecule is O=C[C@H]1C[C@H](O)C=C[C@@H]1O. The van der Waals surface area contributed by atoms with Crippen LogP contribution in [0.1, 0.15) is 6.42 Å². The van der Waals surface area contributed by atoms with Gasteiger partial charge in [-0.15, -0.1) is 0 Å². The van der Waals surface area contributed by atoms with E-state index in [4.69, 9.17) is 10.2 Å². The van der Waals surface area contributed by atoms with Crippen LogP contribution in [0.15, 0.2) is 12.2 Å². The minimum absolute atomic E-state index is 0.334. The molecule has 0 heterocycles. The highest BCUT2D eigenvalue weighted by molar-refractivity contribution is 5.55. The van der Waals surface area contributed by atoms with E-state index >= 15 is 0 Å². The Kier molecular flexibility index (Phi) is 2.19. The molecule has 1 rings (SSSR count). The molecule has 0 aromatic carbocycles. The largest absolute Gasteiger partial charge is 0.389 e. The summed E-state index contributed by atoms with van der Waals surface area (Å²) < 4.78 is 0. The van der Waals surface area contributed by atoms with E-state index in [1.807, 2.05) is 0 Å². The van der Waals surface area contributed by atoms with E-state index in [2.05, 4.69) is 0 Å². The van der Waals surface area contributed by atoms with Crippen molar-refractivity contribution in [2.45, 2.75) is 18.6 Å². The van der Waals surface area contributed by atoms with Crippen LogP contribution in [0.3, 0.4) is 0 Å². The molecule has 1 aliphatic carbocycles. The predicted octanol–water partition coefficient (Wildman–Crippen LogP) is -0.517. The maximum atomic E-state index is 10.2. The first kappa shape index (κ1) is 7.44. The van der Waals surface area contributed by atoms with Gasteiger partial charge in [-0.2, -0.15) is 0 Å². The van der Waals surface area contributed by atoms with Gasteiger partial charge in [0.05, 0.1) is 12.2 Å². The fraction of sp³-hybridized carbons (Fsp3) is 0.571. The minimum Gasteiger partial charge on any atom is -0.389 e. The third-order valence-corrected chi connectivity index (χ3v) is 1.66. The molecule has 0 aromatic heterocycles. The van der Waals surface area contributed by atoms with Crippen LogP contribution in [0.25, 0.3) is 0 Å². The Morgan fingerprint density at radius 2 is 2.10 bits per heavy atom. The number of aliphatic hydroxyl groups is 2. The molecule has 10 heavy (non-hydrogen) atoms. The molecule has 0 unspecified atom stereocenters. The Labute approximate surface area is 59.0 Å². The lowest BCUT2D eigenvalue weighted by Gasteiger charge is -2.20. The van der Waals surface area contributed by atoms with E-state index in [9.17, 15) is 4.79 Å². The van der Waals surface area contributed by atoms with Crippen LogP contribution in [0.2, 0.25) is 0 Å². The first-order valence-electron chi connectivity index (χ1n) is 3.24. The van der Waals surface area contributed by atoms with E-state index in [-0.39, 0.29) is 0 Å². The number of rotatable bonds is 1. The highest BCUT2D eigenvalue weighted by Crippen LogP contribution is 2.16. The van der Waals surface area contributed by atoms with Crippen LogP contribution in [0.5, 0.6) is 0 Å². The molecule has 56 valence electrons. The second-order valence-electron chi connectivity index (χ2n) is 2.48. The Morgan fingerprint density at radius 1 is 1.40 bits per heavy atom. The van der Waals surface area contributed by atoms with Crippen molar-refractivity contribution in [3.63, 3.8) is 0 Å². The van der Waals surface area contributed by atoms with Gasteiger partial charge in [0.25, 0.3) is 0 Å². The van der Waals surface area contributed by atoms with Gasteiger partial charge in [0.1, 0.15) is 6.29 Å². The van der Waals surface area contributed by atoms with E-state index in [1.165, 1.54) is 12.2 Å². The monoisotopic (exact) mass is 142 g/mol. The first-order chi connectivity index (χ1) is 4.74. The van der Waals surface area contributed by atoms with E-state index in [0.29, 0.717) is 12.7 Å². The summed E-state index contributed by atoms with van der Waals surface area (Å²) in [7, 11) is 0. The summed E-state index contributed by atoms with van der Waals surface area (Å²) in [6, 6.07) is 0. The van der Waals surface area contributed by atoms with Gasteiger partial charge < -0.3 is 15.0 Å². The minimum atomic E-state index is -0.708. The van der Waals surface area contributed by atoms with Crippen molar-refractivity contribution in [1.82, 2.24) is 0 Å². The molecule has 0 aliphatic heterocycles. The number of carbonyl (C=O) groups is 1. The lowest BCUT2D eigenvalue weighted by Crippen LogP contribution is -2.28. The molecule has 0 saturated heterocycles. The molecule has 0 radical (unpaired) electrons. The van der Waals surface area contributed by atoms with Crippen LogP contribution < -0.4 is 0 Å². The Bertz CT molecular complexity index is 153. The molecule has 0 bridgehead atoms. The van der Waals surface area contributed by atoms with Crippen LogP contribution in [0.4, 0.5) is 0 Å². The molecular weight excluding hydrogens is 132 g/mol. The summed E-state index contributed by atoms with van der Waals surface area (Å²) in [5, 5.41) is 18.0. The third-order valence-electron chi connectivity index (χ3n) is 1.66. The second kappa shape index (κ2) is 2.94. The highest BCUT2D eigenvalue weighted by atomic mass is 16.3. The van der Waals surface area contributed by atoms with Gasteiger partial charge in [0.2, 0.25) is 0 Å². The lowest BCUT2D eigenvalue weighted by molar-refractivity contribution is -0.114. The topological polar surface area (TPSA) is 57.5 Å². The van der Waals surface area contributed by atoms with Crippen LogP contribution >= 0.6 is 0 Å². The average Bonchev–Trinajstić information content (AvgIpc) is 1.94. The number of carbonyl (C=O) groups excluding carboxylic acids is 1. The molecule has 0 aromatic rings. The van der Waals surface area contributed by atoms with Crippen molar-refractivity contribution in [2.75, 3.05) is 0 Å². The average molecular weight is 142 g/mol. The molecule has 2 N–H and O–H groups in total. The zero-order chi connectivity index (χ0) is 7.56. The highest BCUT2D eigenvalue weighted by Gasteiger charge is 2.22. The van der Waals surface area contributed by atoms with Crippen molar-refractivity contribution in [3.05, 3.63) is 12.2 Å². The standard InChI is InChI=1S/C7H10O3/c8-4-5-3-6(9)1-2-7(5)10/h1-2,4-7,9-10H,3H2/t5-,6-,7+/m1/s1. The van der Waals surface area contributed by atoms with Gasteiger partial charge in [-0.3, -0.25) is 0 Å². The van der Waals surface area contributed by atoms with Crippen molar-refractivity contribution in [3.8, 4) is 0 Å². The van der Waals surface area contributed by atoms with Crippen molar-refractivity contribution >= 4 is 6.29 Å². The zero-order valence-electron chi connectivity index (χ0n) is 5.47. The number of aliphatic hydroxyl groups excluding tert-OH is 2. The number of aldehydes is 1. The van der Waals surface area contributed by atoms with Crippen LogP contribution in [-0.4, -0.2) is 28.7 Å².